The quantitative estimate of drug-likeness (QED) is 0.428. The van der Waals surface area contributed by atoms with Crippen LogP contribution in [0.15, 0.2) is 53.3 Å². The summed E-state index contributed by atoms with van der Waals surface area (Å²) in [4.78, 5) is 19.2. The zero-order valence-electron chi connectivity index (χ0n) is 12.4. The third-order valence-corrected chi connectivity index (χ3v) is 4.32. The maximum Gasteiger partial charge on any atom is 0.262 e. The third-order valence-electron chi connectivity index (χ3n) is 4.32. The summed E-state index contributed by atoms with van der Waals surface area (Å²) < 4.78 is 0. The molecule has 0 atom stereocenters. The maximum absolute atomic E-state index is 12.5. The molecule has 114 valence electrons. The highest BCUT2D eigenvalue weighted by atomic mass is 16.1. The van der Waals surface area contributed by atoms with E-state index in [2.05, 4.69) is 26.2 Å². The molecule has 5 rings (SSSR count). The number of hydrogen-bond acceptors (Lipinski definition) is 5. The zero-order valence-corrected chi connectivity index (χ0v) is 12.4. The topological polar surface area (TPSA) is 97.5 Å². The second-order valence-electron chi connectivity index (χ2n) is 5.66. The minimum absolute atomic E-state index is 0.0336. The van der Waals surface area contributed by atoms with Crippen molar-refractivity contribution in [3.63, 3.8) is 0 Å². The number of H-pyrrole nitrogens is 1. The third kappa shape index (κ3) is 1.59. The van der Waals surface area contributed by atoms with Gasteiger partial charge in [-0.3, -0.25) is 9.78 Å². The smallest absolute Gasteiger partial charge is 0.262 e. The van der Waals surface area contributed by atoms with E-state index in [9.17, 15) is 4.79 Å². The molecule has 0 saturated carbocycles. The number of nitrogens with zero attached hydrogens (tertiary/aromatic N) is 3. The van der Waals surface area contributed by atoms with Gasteiger partial charge in [-0.2, -0.15) is 4.98 Å². The van der Waals surface area contributed by atoms with Gasteiger partial charge in [-0.1, -0.05) is 48.5 Å². The predicted molar refractivity (Wildman–Crippen MR) is 94.9 cm³/mol. The van der Waals surface area contributed by atoms with Gasteiger partial charge in [-0.15, -0.1) is 10.2 Å². The summed E-state index contributed by atoms with van der Waals surface area (Å²) in [7, 11) is 0. The minimum atomic E-state index is -0.308. The molecule has 2 heterocycles. The van der Waals surface area contributed by atoms with Crippen LogP contribution in [0.1, 0.15) is 0 Å². The Kier molecular flexibility index (Phi) is 2.42. The molecule has 6 heteroatoms. The summed E-state index contributed by atoms with van der Waals surface area (Å²) in [5.74, 6) is 0.0336. The Morgan fingerprint density at radius 2 is 1.42 bits per heavy atom. The van der Waals surface area contributed by atoms with Crippen LogP contribution in [0.2, 0.25) is 0 Å². The number of aromatic amines is 1. The fourth-order valence-corrected chi connectivity index (χ4v) is 3.35. The molecule has 0 spiro atoms. The van der Waals surface area contributed by atoms with Crippen LogP contribution in [0, 0.1) is 0 Å². The maximum atomic E-state index is 12.5. The number of fused-ring (bicyclic) bond motifs is 8. The van der Waals surface area contributed by atoms with Gasteiger partial charge >= 0.3 is 0 Å². The molecular formula is C18H11N5O. The number of nitrogens with one attached hydrogen (secondary N) is 1. The monoisotopic (exact) mass is 313 g/mol. The first-order valence-electron chi connectivity index (χ1n) is 7.49. The van der Waals surface area contributed by atoms with Crippen LogP contribution in [-0.4, -0.2) is 20.2 Å². The van der Waals surface area contributed by atoms with E-state index in [0.29, 0.717) is 10.9 Å². The van der Waals surface area contributed by atoms with Crippen molar-refractivity contribution < 1.29 is 0 Å². The van der Waals surface area contributed by atoms with E-state index >= 15 is 0 Å². The van der Waals surface area contributed by atoms with Crippen LogP contribution in [-0.2, 0) is 0 Å². The second kappa shape index (κ2) is 4.48. The van der Waals surface area contributed by atoms with Gasteiger partial charge in [0.15, 0.2) is 5.65 Å². The second-order valence-corrected chi connectivity index (χ2v) is 5.66. The summed E-state index contributed by atoms with van der Waals surface area (Å²) in [6, 6.07) is 15.9. The number of rotatable bonds is 0. The zero-order chi connectivity index (χ0) is 16.3. The van der Waals surface area contributed by atoms with Gasteiger partial charge < -0.3 is 5.73 Å². The van der Waals surface area contributed by atoms with Gasteiger partial charge in [0.1, 0.15) is 5.52 Å². The van der Waals surface area contributed by atoms with E-state index in [1.54, 1.807) is 0 Å². The molecule has 3 aromatic carbocycles. The van der Waals surface area contributed by atoms with Crippen LogP contribution >= 0.6 is 0 Å². The first-order chi connectivity index (χ1) is 11.7. The van der Waals surface area contributed by atoms with Crippen LogP contribution in [0.4, 0.5) is 5.95 Å². The Balaban J connectivity index is 2.24. The van der Waals surface area contributed by atoms with Crippen molar-refractivity contribution in [3.8, 4) is 0 Å². The molecule has 0 saturated heterocycles. The van der Waals surface area contributed by atoms with Gasteiger partial charge in [0.25, 0.3) is 5.56 Å². The lowest BCUT2D eigenvalue weighted by Crippen LogP contribution is -2.13. The molecule has 24 heavy (non-hydrogen) atoms. The van der Waals surface area contributed by atoms with Gasteiger partial charge in [0, 0.05) is 10.8 Å². The molecule has 0 aliphatic rings. The van der Waals surface area contributed by atoms with Crippen molar-refractivity contribution in [1.82, 2.24) is 20.2 Å². The normalized spacial score (nSPS) is 11.7. The van der Waals surface area contributed by atoms with Gasteiger partial charge in [-0.05, 0) is 16.2 Å². The Bertz CT molecular complexity index is 1300. The Morgan fingerprint density at radius 1 is 0.792 bits per heavy atom. The van der Waals surface area contributed by atoms with E-state index in [4.69, 9.17) is 5.73 Å². The predicted octanol–water partition coefficient (Wildman–Crippen LogP) is 2.75. The van der Waals surface area contributed by atoms with E-state index < -0.39 is 0 Å². The van der Waals surface area contributed by atoms with Crippen LogP contribution in [0.3, 0.4) is 0 Å². The highest BCUT2D eigenvalue weighted by molar-refractivity contribution is 6.29. The Hall–Kier alpha value is -3.54. The minimum Gasteiger partial charge on any atom is -0.369 e. The lowest BCUT2D eigenvalue weighted by atomic mass is 9.96. The lowest BCUT2D eigenvalue weighted by Gasteiger charge is -2.10. The molecule has 0 aliphatic heterocycles. The summed E-state index contributed by atoms with van der Waals surface area (Å²) in [6.07, 6.45) is 0. The number of nitrogen functional groups attached to an aromatic ring is 1. The van der Waals surface area contributed by atoms with E-state index in [0.717, 1.165) is 26.9 Å². The molecule has 3 N–H and O–H groups in total. The first kappa shape index (κ1) is 13.0. The van der Waals surface area contributed by atoms with Gasteiger partial charge in [0.2, 0.25) is 5.95 Å². The van der Waals surface area contributed by atoms with E-state index in [1.165, 1.54) is 0 Å². The summed E-state index contributed by atoms with van der Waals surface area (Å²) >= 11 is 0. The van der Waals surface area contributed by atoms with Crippen molar-refractivity contribution in [2.45, 2.75) is 0 Å². The highest BCUT2D eigenvalue weighted by Gasteiger charge is 2.15. The van der Waals surface area contributed by atoms with Crippen LogP contribution in [0.25, 0.3) is 43.5 Å². The molecule has 0 amide bonds. The largest absolute Gasteiger partial charge is 0.369 e. The SMILES string of the molecule is Nc1nc2nnc3c4ccccc4c4ccccc4c3c2c(=O)[nH]1. The van der Waals surface area contributed by atoms with Gasteiger partial charge in [-0.25, -0.2) is 0 Å². The molecule has 5 aromatic rings. The fourth-order valence-electron chi connectivity index (χ4n) is 3.35. The van der Waals surface area contributed by atoms with E-state index in [1.807, 2.05) is 42.5 Å². The Morgan fingerprint density at radius 3 is 2.17 bits per heavy atom. The highest BCUT2D eigenvalue weighted by Crippen LogP contribution is 2.35. The molecule has 0 unspecified atom stereocenters. The van der Waals surface area contributed by atoms with Gasteiger partial charge in [0.05, 0.1) is 5.39 Å². The summed E-state index contributed by atoms with van der Waals surface area (Å²) in [6.45, 7) is 0. The molecule has 0 radical (unpaired) electrons. The summed E-state index contributed by atoms with van der Waals surface area (Å²) in [5.41, 5.74) is 6.27. The van der Waals surface area contributed by atoms with Crippen molar-refractivity contribution in [3.05, 3.63) is 58.9 Å². The average molecular weight is 313 g/mol. The van der Waals surface area contributed by atoms with Crippen molar-refractivity contribution in [2.24, 2.45) is 0 Å². The van der Waals surface area contributed by atoms with E-state index in [-0.39, 0.29) is 17.2 Å². The standard InChI is InChI=1S/C18H11N5O/c19-18-20-16-14(17(24)21-18)13-11-7-3-1-5-9(11)10-6-2-4-8-12(10)15(13)22-23-16/h1-8H,(H3,19,20,21,23,24). The number of aromatic nitrogens is 4. The fraction of sp³-hybridized carbons (Fsp3) is 0. The van der Waals surface area contributed by atoms with Crippen molar-refractivity contribution >= 4 is 49.4 Å². The molecule has 6 nitrogen and oxygen atoms in total. The molecule has 0 bridgehead atoms. The van der Waals surface area contributed by atoms with Crippen LogP contribution < -0.4 is 11.3 Å². The summed E-state index contributed by atoms with van der Waals surface area (Å²) in [5, 5.41) is 13.7. The average Bonchev–Trinajstić information content (AvgIpc) is 2.61. The number of anilines is 1. The molecule has 0 aliphatic carbocycles. The van der Waals surface area contributed by atoms with Crippen molar-refractivity contribution in [2.75, 3.05) is 5.73 Å². The Labute approximate surface area is 135 Å². The number of hydrogen-bond donors (Lipinski definition) is 2. The number of benzene rings is 3. The molecule has 0 fully saturated rings. The first-order valence-corrected chi connectivity index (χ1v) is 7.49. The van der Waals surface area contributed by atoms with Crippen molar-refractivity contribution in [1.29, 1.82) is 0 Å². The number of nitrogens with two attached hydrogens (primary N) is 1. The molecular weight excluding hydrogens is 302 g/mol. The molecule has 2 aromatic heterocycles. The lowest BCUT2D eigenvalue weighted by molar-refractivity contribution is 1.07. The van der Waals surface area contributed by atoms with Crippen LogP contribution in [0.5, 0.6) is 0 Å².